The molecule has 4 heteroatoms. The van der Waals surface area contributed by atoms with Gasteiger partial charge in [0.05, 0.1) is 6.61 Å². The van der Waals surface area contributed by atoms with Crippen molar-refractivity contribution in [2.45, 2.75) is 6.92 Å². The number of phenolic OH excluding ortho intramolecular Hbond substituents is 1. The first-order valence-electron chi connectivity index (χ1n) is 3.46. The Balaban J connectivity index is 3.05. The Morgan fingerprint density at radius 1 is 1.33 bits per heavy atom. The van der Waals surface area contributed by atoms with Crippen molar-refractivity contribution in [1.82, 2.24) is 0 Å². The average molecular weight is 174 g/mol. The molecule has 1 rings (SSSR count). The topological polar surface area (TPSA) is 29.5 Å². The lowest BCUT2D eigenvalue weighted by Gasteiger charge is -2.04. The van der Waals surface area contributed by atoms with E-state index in [2.05, 4.69) is 0 Å². The molecule has 0 aliphatic carbocycles. The van der Waals surface area contributed by atoms with Crippen molar-refractivity contribution in [3.05, 3.63) is 23.8 Å². The van der Waals surface area contributed by atoms with Crippen LogP contribution in [0.1, 0.15) is 6.92 Å². The predicted octanol–water partition coefficient (Wildman–Crippen LogP) is 2.07. The van der Waals surface area contributed by atoms with Crippen LogP contribution in [0.3, 0.4) is 0 Å². The number of aromatic hydroxyl groups is 1. The minimum absolute atomic E-state index is 0.142. The van der Waals surface area contributed by atoms with Gasteiger partial charge in [-0.25, -0.2) is 8.78 Å². The molecule has 12 heavy (non-hydrogen) atoms. The van der Waals surface area contributed by atoms with Crippen LogP contribution < -0.4 is 4.74 Å². The summed E-state index contributed by atoms with van der Waals surface area (Å²) >= 11 is 0. The van der Waals surface area contributed by atoms with Gasteiger partial charge in [0.2, 0.25) is 0 Å². The van der Waals surface area contributed by atoms with E-state index >= 15 is 0 Å². The van der Waals surface area contributed by atoms with Crippen LogP contribution >= 0.6 is 0 Å². The van der Waals surface area contributed by atoms with Crippen molar-refractivity contribution >= 4 is 0 Å². The average Bonchev–Trinajstić information content (AvgIpc) is 2.01. The summed E-state index contributed by atoms with van der Waals surface area (Å²) in [5.74, 6) is -2.56. The molecule has 0 aliphatic heterocycles. The number of hydrogen-bond donors (Lipinski definition) is 1. The van der Waals surface area contributed by atoms with Gasteiger partial charge in [-0.1, -0.05) is 0 Å². The molecule has 0 aliphatic rings. The minimum Gasteiger partial charge on any atom is -0.505 e. The van der Waals surface area contributed by atoms with Gasteiger partial charge in [0.25, 0.3) is 0 Å². The third kappa shape index (κ3) is 1.64. The zero-order chi connectivity index (χ0) is 9.14. The van der Waals surface area contributed by atoms with Gasteiger partial charge in [0.1, 0.15) is 0 Å². The second-order valence-corrected chi connectivity index (χ2v) is 2.17. The quantitative estimate of drug-likeness (QED) is 0.743. The molecule has 1 aromatic rings. The fourth-order valence-electron chi connectivity index (χ4n) is 0.785. The van der Waals surface area contributed by atoms with Gasteiger partial charge in [0, 0.05) is 12.1 Å². The highest BCUT2D eigenvalue weighted by Crippen LogP contribution is 2.25. The molecule has 2 nitrogen and oxygen atoms in total. The summed E-state index contributed by atoms with van der Waals surface area (Å²) in [4.78, 5) is 0. The van der Waals surface area contributed by atoms with Gasteiger partial charge < -0.3 is 9.84 Å². The van der Waals surface area contributed by atoms with Gasteiger partial charge in [-0.2, -0.15) is 0 Å². The molecular formula is C8H8F2O2. The lowest BCUT2D eigenvalue weighted by Crippen LogP contribution is -1.95. The fraction of sp³-hybridized carbons (Fsp3) is 0.250. The molecule has 0 radical (unpaired) electrons. The second-order valence-electron chi connectivity index (χ2n) is 2.17. The summed E-state index contributed by atoms with van der Waals surface area (Å²) in [6.07, 6.45) is 0. The molecule has 0 fully saturated rings. The van der Waals surface area contributed by atoms with E-state index in [9.17, 15) is 8.78 Å². The van der Waals surface area contributed by atoms with E-state index in [0.29, 0.717) is 6.07 Å². The van der Waals surface area contributed by atoms with Crippen molar-refractivity contribution in [2.24, 2.45) is 0 Å². The molecule has 1 N–H and O–H groups in total. The van der Waals surface area contributed by atoms with Crippen molar-refractivity contribution in [3.63, 3.8) is 0 Å². The van der Waals surface area contributed by atoms with Gasteiger partial charge in [-0.3, -0.25) is 0 Å². The molecule has 0 heterocycles. The highest BCUT2D eigenvalue weighted by molar-refractivity contribution is 5.34. The highest BCUT2D eigenvalue weighted by Gasteiger charge is 2.08. The standard InChI is InChI=1S/C8H8F2O2/c1-2-12-8-4-7(11)5(9)3-6(8)10/h3-4,11H,2H2,1H3. The van der Waals surface area contributed by atoms with Crippen LogP contribution in [0.2, 0.25) is 0 Å². The summed E-state index contributed by atoms with van der Waals surface area (Å²) in [7, 11) is 0. The SMILES string of the molecule is CCOc1cc(O)c(F)cc1F. The van der Waals surface area contributed by atoms with E-state index in [1.54, 1.807) is 6.92 Å². The largest absolute Gasteiger partial charge is 0.505 e. The Labute approximate surface area is 68.4 Å². The van der Waals surface area contributed by atoms with Crippen LogP contribution in [0, 0.1) is 11.6 Å². The molecule has 1 aromatic carbocycles. The van der Waals surface area contributed by atoms with Gasteiger partial charge in [-0.05, 0) is 6.92 Å². The Bertz CT molecular complexity index is 287. The first-order valence-corrected chi connectivity index (χ1v) is 3.46. The lowest BCUT2D eigenvalue weighted by molar-refractivity contribution is 0.315. The Morgan fingerprint density at radius 2 is 2.00 bits per heavy atom. The summed E-state index contributed by atoms with van der Waals surface area (Å²) < 4.78 is 30.0. The Hall–Kier alpha value is -1.32. The first-order chi connectivity index (χ1) is 5.65. The number of phenols is 1. The highest BCUT2D eigenvalue weighted by atomic mass is 19.1. The maximum absolute atomic E-state index is 12.7. The number of halogens is 2. The van der Waals surface area contributed by atoms with E-state index in [1.807, 2.05) is 0 Å². The van der Waals surface area contributed by atoms with Crippen LogP contribution in [0.5, 0.6) is 11.5 Å². The monoisotopic (exact) mass is 174 g/mol. The van der Waals surface area contributed by atoms with Gasteiger partial charge in [-0.15, -0.1) is 0 Å². The molecule has 0 aromatic heterocycles. The normalized spacial score (nSPS) is 9.92. The summed E-state index contributed by atoms with van der Waals surface area (Å²) in [5.41, 5.74) is 0. The number of hydrogen-bond acceptors (Lipinski definition) is 2. The number of ether oxygens (including phenoxy) is 1. The molecule has 0 amide bonds. The molecule has 66 valence electrons. The van der Waals surface area contributed by atoms with Crippen LogP contribution in [-0.2, 0) is 0 Å². The summed E-state index contributed by atoms with van der Waals surface area (Å²) in [6, 6.07) is 1.49. The van der Waals surface area contributed by atoms with E-state index < -0.39 is 17.4 Å². The van der Waals surface area contributed by atoms with Crippen molar-refractivity contribution in [2.75, 3.05) is 6.61 Å². The molecule has 0 spiro atoms. The Morgan fingerprint density at radius 3 is 2.58 bits per heavy atom. The van der Waals surface area contributed by atoms with Crippen molar-refractivity contribution in [1.29, 1.82) is 0 Å². The molecule has 0 saturated carbocycles. The zero-order valence-electron chi connectivity index (χ0n) is 6.47. The third-order valence-corrected chi connectivity index (χ3v) is 1.30. The van der Waals surface area contributed by atoms with E-state index in [1.165, 1.54) is 0 Å². The van der Waals surface area contributed by atoms with Gasteiger partial charge >= 0.3 is 0 Å². The number of benzene rings is 1. The molecular weight excluding hydrogens is 166 g/mol. The third-order valence-electron chi connectivity index (χ3n) is 1.30. The van der Waals surface area contributed by atoms with Crippen LogP contribution in [0.15, 0.2) is 12.1 Å². The zero-order valence-corrected chi connectivity index (χ0v) is 6.47. The number of rotatable bonds is 2. The summed E-state index contributed by atoms with van der Waals surface area (Å²) in [6.45, 7) is 1.93. The van der Waals surface area contributed by atoms with Crippen molar-refractivity contribution in [3.8, 4) is 11.5 Å². The molecule has 0 saturated heterocycles. The lowest BCUT2D eigenvalue weighted by atomic mass is 10.3. The van der Waals surface area contributed by atoms with Crippen LogP contribution in [-0.4, -0.2) is 11.7 Å². The second kappa shape index (κ2) is 3.38. The molecule has 0 unspecified atom stereocenters. The first kappa shape index (κ1) is 8.77. The molecule has 0 bridgehead atoms. The van der Waals surface area contributed by atoms with Crippen molar-refractivity contribution < 1.29 is 18.6 Å². The van der Waals surface area contributed by atoms with Crippen LogP contribution in [0.25, 0.3) is 0 Å². The van der Waals surface area contributed by atoms with Gasteiger partial charge in [0.15, 0.2) is 23.1 Å². The smallest absolute Gasteiger partial charge is 0.168 e. The maximum Gasteiger partial charge on any atom is 0.168 e. The Kier molecular flexibility index (Phi) is 2.47. The molecule has 0 atom stereocenters. The van der Waals surface area contributed by atoms with E-state index in [-0.39, 0.29) is 12.4 Å². The minimum atomic E-state index is -0.990. The van der Waals surface area contributed by atoms with Crippen LogP contribution in [0.4, 0.5) is 8.78 Å². The van der Waals surface area contributed by atoms with E-state index in [4.69, 9.17) is 9.84 Å². The summed E-state index contributed by atoms with van der Waals surface area (Å²) in [5, 5.41) is 8.83. The predicted molar refractivity (Wildman–Crippen MR) is 39.2 cm³/mol. The van der Waals surface area contributed by atoms with E-state index in [0.717, 1.165) is 6.07 Å². The maximum atomic E-state index is 12.7. The fourth-order valence-corrected chi connectivity index (χ4v) is 0.785.